The Morgan fingerprint density at radius 1 is 1.28 bits per heavy atom. The van der Waals surface area contributed by atoms with Gasteiger partial charge in [0.15, 0.2) is 0 Å². The van der Waals surface area contributed by atoms with Gasteiger partial charge < -0.3 is 9.47 Å². The summed E-state index contributed by atoms with van der Waals surface area (Å²) in [6, 6.07) is 5.88. The molecule has 0 saturated heterocycles. The van der Waals surface area contributed by atoms with E-state index < -0.39 is 0 Å². The molecule has 0 radical (unpaired) electrons. The van der Waals surface area contributed by atoms with Crippen molar-refractivity contribution < 1.29 is 18.7 Å². The molecule has 1 aromatic rings. The van der Waals surface area contributed by atoms with Crippen molar-refractivity contribution in [3.8, 4) is 0 Å². The van der Waals surface area contributed by atoms with Crippen LogP contribution in [0.3, 0.4) is 0 Å². The molecule has 1 aromatic carbocycles. The lowest BCUT2D eigenvalue weighted by Crippen LogP contribution is -2.28. The summed E-state index contributed by atoms with van der Waals surface area (Å²) < 4.78 is 23.4. The minimum absolute atomic E-state index is 0.0159. The normalized spacial score (nSPS) is 23.0. The third kappa shape index (κ3) is 3.29. The Bertz CT molecular complexity index is 402. The molecule has 3 nitrogen and oxygen atoms in total. The van der Waals surface area contributed by atoms with E-state index in [-0.39, 0.29) is 30.4 Å². The number of methoxy groups -OCH3 is 1. The van der Waals surface area contributed by atoms with Gasteiger partial charge in [0.1, 0.15) is 11.9 Å². The molecule has 2 rings (SSSR count). The highest BCUT2D eigenvalue weighted by Gasteiger charge is 2.30. The highest BCUT2D eigenvalue weighted by atomic mass is 19.1. The van der Waals surface area contributed by atoms with Gasteiger partial charge in [0.05, 0.1) is 12.5 Å². The molecular formula is C14H17FO3. The molecule has 1 saturated carbocycles. The van der Waals surface area contributed by atoms with Crippen LogP contribution in [0.25, 0.3) is 0 Å². The number of rotatable bonds is 4. The van der Waals surface area contributed by atoms with E-state index in [1.165, 1.54) is 12.1 Å². The highest BCUT2D eigenvalue weighted by molar-refractivity contribution is 5.72. The van der Waals surface area contributed by atoms with Gasteiger partial charge >= 0.3 is 5.97 Å². The molecule has 0 aromatic heterocycles. The van der Waals surface area contributed by atoms with Crippen LogP contribution in [0.15, 0.2) is 24.3 Å². The first-order chi connectivity index (χ1) is 8.69. The van der Waals surface area contributed by atoms with E-state index >= 15 is 0 Å². The number of benzene rings is 1. The van der Waals surface area contributed by atoms with Crippen LogP contribution in [0.2, 0.25) is 0 Å². The fourth-order valence-electron chi connectivity index (χ4n) is 2.28. The van der Waals surface area contributed by atoms with Crippen molar-refractivity contribution in [2.24, 2.45) is 0 Å². The van der Waals surface area contributed by atoms with Gasteiger partial charge in [-0.1, -0.05) is 12.1 Å². The number of carbonyl (C=O) groups excluding carboxylic acids is 1. The SMILES string of the molecule is COC1CCCC1OC(=O)Cc1ccc(F)cc1. The molecule has 0 heterocycles. The molecular weight excluding hydrogens is 235 g/mol. The minimum atomic E-state index is -0.303. The van der Waals surface area contributed by atoms with E-state index in [9.17, 15) is 9.18 Å². The molecule has 0 aliphatic heterocycles. The van der Waals surface area contributed by atoms with Gasteiger partial charge in [-0.05, 0) is 37.0 Å². The van der Waals surface area contributed by atoms with Crippen LogP contribution < -0.4 is 0 Å². The van der Waals surface area contributed by atoms with Gasteiger partial charge in [0.2, 0.25) is 0 Å². The lowest BCUT2D eigenvalue weighted by Gasteiger charge is -2.18. The zero-order valence-corrected chi connectivity index (χ0v) is 10.4. The summed E-state index contributed by atoms with van der Waals surface area (Å²) in [5, 5.41) is 0. The van der Waals surface area contributed by atoms with Crippen LogP contribution in [-0.2, 0) is 20.7 Å². The Morgan fingerprint density at radius 2 is 1.94 bits per heavy atom. The summed E-state index contributed by atoms with van der Waals surface area (Å²) in [5.74, 6) is -0.585. The van der Waals surface area contributed by atoms with Crippen molar-refractivity contribution >= 4 is 5.97 Å². The fourth-order valence-corrected chi connectivity index (χ4v) is 2.28. The second-order valence-corrected chi connectivity index (χ2v) is 4.54. The van der Waals surface area contributed by atoms with E-state index in [1.54, 1.807) is 19.2 Å². The predicted molar refractivity (Wildman–Crippen MR) is 64.6 cm³/mol. The quantitative estimate of drug-likeness (QED) is 0.772. The van der Waals surface area contributed by atoms with Crippen molar-refractivity contribution in [2.75, 3.05) is 7.11 Å². The van der Waals surface area contributed by atoms with Crippen LogP contribution in [0, 0.1) is 5.82 Å². The Balaban J connectivity index is 1.86. The van der Waals surface area contributed by atoms with E-state index in [2.05, 4.69) is 0 Å². The fraction of sp³-hybridized carbons (Fsp3) is 0.500. The van der Waals surface area contributed by atoms with E-state index in [0.29, 0.717) is 0 Å². The van der Waals surface area contributed by atoms with Crippen molar-refractivity contribution in [3.63, 3.8) is 0 Å². The molecule has 1 aliphatic rings. The molecule has 0 N–H and O–H groups in total. The van der Waals surface area contributed by atoms with Gasteiger partial charge in [0.25, 0.3) is 0 Å². The molecule has 0 bridgehead atoms. The van der Waals surface area contributed by atoms with Gasteiger partial charge in [0, 0.05) is 7.11 Å². The maximum Gasteiger partial charge on any atom is 0.310 e. The first-order valence-corrected chi connectivity index (χ1v) is 6.16. The average molecular weight is 252 g/mol. The van der Waals surface area contributed by atoms with Crippen LogP contribution >= 0.6 is 0 Å². The number of esters is 1. The van der Waals surface area contributed by atoms with Crippen LogP contribution in [-0.4, -0.2) is 25.3 Å². The third-order valence-corrected chi connectivity index (χ3v) is 3.24. The number of halogens is 1. The van der Waals surface area contributed by atoms with Crippen LogP contribution in [0.1, 0.15) is 24.8 Å². The monoisotopic (exact) mass is 252 g/mol. The van der Waals surface area contributed by atoms with Crippen molar-refractivity contribution in [3.05, 3.63) is 35.6 Å². The molecule has 0 amide bonds. The summed E-state index contributed by atoms with van der Waals surface area (Å²) in [5.41, 5.74) is 0.758. The third-order valence-electron chi connectivity index (χ3n) is 3.24. The van der Waals surface area contributed by atoms with Crippen LogP contribution in [0.5, 0.6) is 0 Å². The van der Waals surface area contributed by atoms with Gasteiger partial charge in [-0.2, -0.15) is 0 Å². The van der Waals surface area contributed by atoms with Gasteiger partial charge in [-0.15, -0.1) is 0 Å². The molecule has 1 aliphatic carbocycles. The molecule has 2 unspecified atom stereocenters. The maximum atomic E-state index is 12.7. The predicted octanol–water partition coefficient (Wildman–Crippen LogP) is 2.48. The summed E-state index contributed by atoms with van der Waals surface area (Å²) in [6.45, 7) is 0. The Morgan fingerprint density at radius 3 is 2.61 bits per heavy atom. The second-order valence-electron chi connectivity index (χ2n) is 4.54. The lowest BCUT2D eigenvalue weighted by atomic mass is 10.1. The Labute approximate surface area is 106 Å². The first kappa shape index (κ1) is 13.0. The number of hydrogen-bond acceptors (Lipinski definition) is 3. The number of carbonyl (C=O) groups is 1. The average Bonchev–Trinajstić information content (AvgIpc) is 2.79. The molecule has 0 spiro atoms. The smallest absolute Gasteiger partial charge is 0.310 e. The summed E-state index contributed by atoms with van der Waals surface area (Å²) >= 11 is 0. The minimum Gasteiger partial charge on any atom is -0.459 e. The molecule has 2 atom stereocenters. The standard InChI is InChI=1S/C14H17FO3/c1-17-12-3-2-4-13(12)18-14(16)9-10-5-7-11(15)8-6-10/h5-8,12-13H,2-4,9H2,1H3. The molecule has 18 heavy (non-hydrogen) atoms. The maximum absolute atomic E-state index is 12.7. The Kier molecular flexibility index (Phi) is 4.31. The highest BCUT2D eigenvalue weighted by Crippen LogP contribution is 2.24. The summed E-state index contributed by atoms with van der Waals surface area (Å²) in [6.07, 6.45) is 2.86. The van der Waals surface area contributed by atoms with Crippen molar-refractivity contribution in [2.45, 2.75) is 37.9 Å². The van der Waals surface area contributed by atoms with Crippen molar-refractivity contribution in [1.82, 2.24) is 0 Å². The zero-order valence-electron chi connectivity index (χ0n) is 10.4. The van der Waals surface area contributed by atoms with E-state index in [1.807, 2.05) is 0 Å². The number of ether oxygens (including phenoxy) is 2. The summed E-state index contributed by atoms with van der Waals surface area (Å²) in [4.78, 5) is 11.7. The first-order valence-electron chi connectivity index (χ1n) is 6.16. The van der Waals surface area contributed by atoms with Crippen LogP contribution in [0.4, 0.5) is 4.39 Å². The number of hydrogen-bond donors (Lipinski definition) is 0. The van der Waals surface area contributed by atoms with E-state index in [4.69, 9.17) is 9.47 Å². The largest absolute Gasteiger partial charge is 0.459 e. The van der Waals surface area contributed by atoms with Gasteiger partial charge in [-0.25, -0.2) is 4.39 Å². The topological polar surface area (TPSA) is 35.5 Å². The van der Waals surface area contributed by atoms with Crippen molar-refractivity contribution in [1.29, 1.82) is 0 Å². The molecule has 1 fully saturated rings. The second kappa shape index (κ2) is 5.96. The zero-order chi connectivity index (χ0) is 13.0. The Hall–Kier alpha value is -1.42. The molecule has 98 valence electrons. The molecule has 4 heteroatoms. The van der Waals surface area contributed by atoms with E-state index in [0.717, 1.165) is 24.8 Å². The van der Waals surface area contributed by atoms with Gasteiger partial charge in [-0.3, -0.25) is 4.79 Å². The summed E-state index contributed by atoms with van der Waals surface area (Å²) in [7, 11) is 1.64. The lowest BCUT2D eigenvalue weighted by molar-refractivity contribution is -0.153.